The highest BCUT2D eigenvalue weighted by molar-refractivity contribution is 6.11. The molecule has 11 heteroatoms. The second kappa shape index (κ2) is 10.7. The number of piperidine rings is 1. The fourth-order valence-electron chi connectivity index (χ4n) is 5.26. The fraction of sp³-hybridized carbons (Fsp3) is 0.345. The standard InChI is InChI=1S/C29H29F2N7O2/c30-29(31)7-11-37(12-8-29)18-19-13-21(16-32-15-19)20-3-5-24-23(14-20)26(36-35-24)27(39)34-22-4-6-25(33-17-22)28(40)38-9-1-2-10-38/h3-6,13-17H,1-2,7-12,18H2,(H,34,39)(H,35,36). The summed E-state index contributed by atoms with van der Waals surface area (Å²) < 4.78 is 27.0. The van der Waals surface area contributed by atoms with Crippen LogP contribution in [0.3, 0.4) is 0 Å². The summed E-state index contributed by atoms with van der Waals surface area (Å²) in [5.74, 6) is -3.08. The van der Waals surface area contributed by atoms with Gasteiger partial charge in [-0.1, -0.05) is 6.07 Å². The zero-order valence-electron chi connectivity index (χ0n) is 21.9. The number of fused-ring (bicyclic) bond motifs is 1. The van der Waals surface area contributed by atoms with Crippen molar-refractivity contribution in [2.24, 2.45) is 0 Å². The van der Waals surface area contributed by atoms with Gasteiger partial charge in [-0.2, -0.15) is 5.10 Å². The summed E-state index contributed by atoms with van der Waals surface area (Å²) in [6.07, 6.45) is 6.72. The van der Waals surface area contributed by atoms with Crippen molar-refractivity contribution in [1.82, 2.24) is 30.0 Å². The van der Waals surface area contributed by atoms with Crippen LogP contribution < -0.4 is 5.32 Å². The predicted molar refractivity (Wildman–Crippen MR) is 146 cm³/mol. The van der Waals surface area contributed by atoms with Crippen molar-refractivity contribution in [1.29, 1.82) is 0 Å². The lowest BCUT2D eigenvalue weighted by atomic mass is 10.0. The van der Waals surface area contributed by atoms with E-state index in [4.69, 9.17) is 0 Å². The number of nitrogens with one attached hydrogen (secondary N) is 2. The second-order valence-electron chi connectivity index (χ2n) is 10.4. The van der Waals surface area contributed by atoms with Gasteiger partial charge < -0.3 is 10.2 Å². The Morgan fingerprint density at radius 3 is 2.50 bits per heavy atom. The van der Waals surface area contributed by atoms with E-state index in [0.717, 1.165) is 42.6 Å². The number of hydrogen-bond donors (Lipinski definition) is 2. The lowest BCUT2D eigenvalue weighted by Crippen LogP contribution is -2.38. The van der Waals surface area contributed by atoms with Crippen LogP contribution in [-0.4, -0.2) is 73.9 Å². The number of aromatic nitrogens is 4. The number of aromatic amines is 1. The highest BCUT2D eigenvalue weighted by Crippen LogP contribution is 2.30. The smallest absolute Gasteiger partial charge is 0.276 e. The first kappa shape index (κ1) is 26.0. The zero-order chi connectivity index (χ0) is 27.7. The summed E-state index contributed by atoms with van der Waals surface area (Å²) in [5, 5.41) is 10.6. The van der Waals surface area contributed by atoms with E-state index < -0.39 is 11.8 Å². The summed E-state index contributed by atoms with van der Waals surface area (Å²) in [7, 11) is 0. The maximum Gasteiger partial charge on any atom is 0.276 e. The molecule has 3 aromatic heterocycles. The van der Waals surface area contributed by atoms with Crippen LogP contribution in [0, 0.1) is 0 Å². The summed E-state index contributed by atoms with van der Waals surface area (Å²) >= 11 is 0. The van der Waals surface area contributed by atoms with E-state index in [0.29, 0.717) is 41.9 Å². The Bertz CT molecular complexity index is 1540. The van der Waals surface area contributed by atoms with Crippen molar-refractivity contribution < 1.29 is 18.4 Å². The topological polar surface area (TPSA) is 107 Å². The Labute approximate surface area is 229 Å². The van der Waals surface area contributed by atoms with Crippen LogP contribution in [0.15, 0.2) is 55.0 Å². The molecule has 0 atom stereocenters. The molecule has 6 rings (SSSR count). The van der Waals surface area contributed by atoms with Crippen molar-refractivity contribution in [3.05, 3.63) is 71.9 Å². The third-order valence-electron chi connectivity index (χ3n) is 7.53. The van der Waals surface area contributed by atoms with Crippen LogP contribution in [0.5, 0.6) is 0 Å². The van der Waals surface area contributed by atoms with E-state index in [1.807, 2.05) is 29.2 Å². The molecule has 0 unspecified atom stereocenters. The number of alkyl halides is 2. The molecule has 9 nitrogen and oxygen atoms in total. The number of halogens is 2. The summed E-state index contributed by atoms with van der Waals surface area (Å²) in [6, 6.07) is 10.9. The molecule has 2 fully saturated rings. The van der Waals surface area contributed by atoms with Crippen LogP contribution in [0.25, 0.3) is 22.0 Å². The molecule has 0 saturated carbocycles. The van der Waals surface area contributed by atoms with E-state index >= 15 is 0 Å². The minimum Gasteiger partial charge on any atom is -0.337 e. The molecule has 2 N–H and O–H groups in total. The quantitative estimate of drug-likeness (QED) is 0.363. The third-order valence-corrected chi connectivity index (χ3v) is 7.53. The number of nitrogens with zero attached hydrogens (tertiary/aromatic N) is 5. The molecule has 2 aliphatic heterocycles. The molecular weight excluding hydrogens is 516 g/mol. The van der Waals surface area contributed by atoms with Gasteiger partial charge in [-0.15, -0.1) is 0 Å². The van der Waals surface area contributed by atoms with Gasteiger partial charge in [-0.3, -0.25) is 24.6 Å². The molecule has 2 amide bonds. The van der Waals surface area contributed by atoms with Crippen LogP contribution >= 0.6 is 0 Å². The van der Waals surface area contributed by atoms with E-state index in [9.17, 15) is 18.4 Å². The molecule has 0 radical (unpaired) electrons. The number of rotatable bonds is 6. The van der Waals surface area contributed by atoms with E-state index in [-0.39, 0.29) is 24.4 Å². The average molecular weight is 546 g/mol. The van der Waals surface area contributed by atoms with Gasteiger partial charge >= 0.3 is 0 Å². The van der Waals surface area contributed by atoms with Gasteiger partial charge in [0.25, 0.3) is 17.7 Å². The lowest BCUT2D eigenvalue weighted by Gasteiger charge is -2.31. The van der Waals surface area contributed by atoms with Gasteiger partial charge in [0.05, 0.1) is 17.4 Å². The first-order chi connectivity index (χ1) is 19.3. The van der Waals surface area contributed by atoms with Gasteiger partial charge in [0, 0.05) is 68.9 Å². The molecule has 4 aromatic rings. The van der Waals surface area contributed by atoms with Crippen molar-refractivity contribution >= 4 is 28.4 Å². The Morgan fingerprint density at radius 2 is 1.75 bits per heavy atom. The number of H-pyrrole nitrogens is 1. The summed E-state index contributed by atoms with van der Waals surface area (Å²) in [6.45, 7) is 2.74. The second-order valence-corrected chi connectivity index (χ2v) is 10.4. The van der Waals surface area contributed by atoms with Gasteiger partial charge in [0.2, 0.25) is 0 Å². The molecule has 0 bridgehead atoms. The Kier molecular flexibility index (Phi) is 6.97. The number of carbonyl (C=O) groups excluding carboxylic acids is 2. The van der Waals surface area contributed by atoms with Crippen molar-refractivity contribution in [2.45, 2.75) is 38.2 Å². The maximum atomic E-state index is 13.5. The molecule has 0 spiro atoms. The fourth-order valence-corrected chi connectivity index (χ4v) is 5.26. The van der Waals surface area contributed by atoms with Crippen molar-refractivity contribution in [3.63, 3.8) is 0 Å². The van der Waals surface area contributed by atoms with E-state index in [2.05, 4.69) is 25.5 Å². The predicted octanol–water partition coefficient (Wildman–Crippen LogP) is 4.74. The SMILES string of the molecule is O=C(Nc1ccc(C(=O)N2CCCC2)nc1)c1n[nH]c2ccc(-c3cncc(CN4CCC(F)(F)CC4)c3)cc12. The van der Waals surface area contributed by atoms with Crippen LogP contribution in [0.2, 0.25) is 0 Å². The van der Waals surface area contributed by atoms with E-state index in [1.54, 1.807) is 29.4 Å². The number of benzene rings is 1. The highest BCUT2D eigenvalue weighted by atomic mass is 19.3. The third kappa shape index (κ3) is 5.55. The highest BCUT2D eigenvalue weighted by Gasteiger charge is 2.33. The minimum atomic E-state index is -2.58. The van der Waals surface area contributed by atoms with Gasteiger partial charge in [-0.25, -0.2) is 13.8 Å². The Balaban J connectivity index is 1.17. The van der Waals surface area contributed by atoms with Gasteiger partial charge in [0.1, 0.15) is 5.69 Å². The van der Waals surface area contributed by atoms with E-state index in [1.165, 1.54) is 6.20 Å². The molecule has 2 aliphatic rings. The number of pyridine rings is 2. The largest absolute Gasteiger partial charge is 0.337 e. The number of likely N-dealkylation sites (tertiary alicyclic amines) is 2. The molecule has 206 valence electrons. The summed E-state index contributed by atoms with van der Waals surface area (Å²) in [5.41, 5.74) is 4.40. The van der Waals surface area contributed by atoms with Crippen LogP contribution in [0.4, 0.5) is 14.5 Å². The molecule has 40 heavy (non-hydrogen) atoms. The summed E-state index contributed by atoms with van der Waals surface area (Å²) in [4.78, 5) is 38.1. The number of amides is 2. The van der Waals surface area contributed by atoms with Crippen molar-refractivity contribution in [2.75, 3.05) is 31.5 Å². The van der Waals surface area contributed by atoms with Crippen LogP contribution in [-0.2, 0) is 6.54 Å². The molecule has 0 aliphatic carbocycles. The van der Waals surface area contributed by atoms with Crippen molar-refractivity contribution in [3.8, 4) is 11.1 Å². The number of carbonyl (C=O) groups is 2. The average Bonchev–Trinajstić information content (AvgIpc) is 3.65. The number of hydrogen-bond acceptors (Lipinski definition) is 6. The first-order valence-corrected chi connectivity index (χ1v) is 13.4. The zero-order valence-corrected chi connectivity index (χ0v) is 21.9. The van der Waals surface area contributed by atoms with Gasteiger partial charge in [-0.05, 0) is 54.3 Å². The first-order valence-electron chi connectivity index (χ1n) is 13.4. The minimum absolute atomic E-state index is 0.0998. The Morgan fingerprint density at radius 1 is 0.950 bits per heavy atom. The normalized spacial score (nSPS) is 17.3. The lowest BCUT2D eigenvalue weighted by molar-refractivity contribution is -0.0566. The Hall–Kier alpha value is -4.25. The molecule has 1 aromatic carbocycles. The molecular formula is C29H29F2N7O2. The van der Waals surface area contributed by atoms with Crippen LogP contribution in [0.1, 0.15) is 52.2 Å². The van der Waals surface area contributed by atoms with Gasteiger partial charge in [0.15, 0.2) is 5.69 Å². The molecule has 5 heterocycles. The monoisotopic (exact) mass is 545 g/mol. The maximum absolute atomic E-state index is 13.5. The molecule has 2 saturated heterocycles. The number of anilines is 1.